The zero-order valence-electron chi connectivity index (χ0n) is 15.5. The molecule has 1 fully saturated rings. The predicted octanol–water partition coefficient (Wildman–Crippen LogP) is 2.56. The van der Waals surface area contributed by atoms with Crippen LogP contribution in [0, 0.1) is 6.92 Å². The quantitative estimate of drug-likeness (QED) is 0.859. The first-order chi connectivity index (χ1) is 12.0. The van der Waals surface area contributed by atoms with E-state index in [1.165, 1.54) is 0 Å². The molecule has 1 saturated heterocycles. The molecule has 1 N–H and O–H groups in total. The summed E-state index contributed by atoms with van der Waals surface area (Å²) < 4.78 is 5.03. The number of rotatable bonds is 6. The first-order valence-corrected chi connectivity index (χ1v) is 9.07. The summed E-state index contributed by atoms with van der Waals surface area (Å²) in [7, 11) is 0. The molecule has 2 amide bonds. The molecule has 0 aromatic heterocycles. The molecule has 1 aliphatic heterocycles. The molecule has 6 heteroatoms. The van der Waals surface area contributed by atoms with Crippen molar-refractivity contribution in [3.05, 3.63) is 29.8 Å². The van der Waals surface area contributed by atoms with Crippen molar-refractivity contribution < 1.29 is 14.3 Å². The summed E-state index contributed by atoms with van der Waals surface area (Å²) >= 11 is 0. The second kappa shape index (κ2) is 9.42. The molecule has 1 aromatic rings. The number of likely N-dealkylation sites (tertiary alicyclic amines) is 1. The number of anilines is 1. The number of nitrogens with one attached hydrogen (secondary N) is 1. The Labute approximate surface area is 150 Å². The van der Waals surface area contributed by atoms with Crippen molar-refractivity contribution in [3.63, 3.8) is 0 Å². The van der Waals surface area contributed by atoms with Crippen molar-refractivity contribution in [1.82, 2.24) is 10.2 Å². The summed E-state index contributed by atoms with van der Waals surface area (Å²) in [6.07, 6.45) is 1.43. The van der Waals surface area contributed by atoms with Crippen LogP contribution in [-0.2, 0) is 9.53 Å². The van der Waals surface area contributed by atoms with Crippen LogP contribution in [0.4, 0.5) is 10.5 Å². The van der Waals surface area contributed by atoms with Crippen LogP contribution in [0.3, 0.4) is 0 Å². The van der Waals surface area contributed by atoms with Crippen LogP contribution in [-0.4, -0.2) is 55.7 Å². The molecule has 6 nitrogen and oxygen atoms in total. The van der Waals surface area contributed by atoms with E-state index in [1.54, 1.807) is 9.80 Å². The zero-order chi connectivity index (χ0) is 18.2. The SMILES string of the molecule is CCOC(=O)N1CCC(NCC(=O)N(CC)c2cccc(C)c2)CC1. The standard InChI is InChI=1S/C19H29N3O3/c1-4-22(17-8-6-7-15(3)13-17)18(23)14-20-16-9-11-21(12-10-16)19(24)25-5-2/h6-8,13,16,20H,4-5,9-12,14H2,1-3H3. The van der Waals surface area contributed by atoms with Gasteiger partial charge in [0.2, 0.25) is 5.91 Å². The van der Waals surface area contributed by atoms with Gasteiger partial charge in [0, 0.05) is 31.4 Å². The van der Waals surface area contributed by atoms with Gasteiger partial charge in [-0.3, -0.25) is 4.79 Å². The second-order valence-electron chi connectivity index (χ2n) is 6.32. The molecule has 0 atom stereocenters. The molecule has 1 heterocycles. The summed E-state index contributed by atoms with van der Waals surface area (Å²) in [5, 5.41) is 3.34. The van der Waals surface area contributed by atoms with Gasteiger partial charge in [0.05, 0.1) is 13.2 Å². The predicted molar refractivity (Wildman–Crippen MR) is 98.8 cm³/mol. The van der Waals surface area contributed by atoms with E-state index in [9.17, 15) is 9.59 Å². The topological polar surface area (TPSA) is 61.9 Å². The van der Waals surface area contributed by atoms with Crippen molar-refractivity contribution in [2.24, 2.45) is 0 Å². The lowest BCUT2D eigenvalue weighted by Crippen LogP contribution is -2.48. The fourth-order valence-corrected chi connectivity index (χ4v) is 3.11. The average molecular weight is 347 g/mol. The summed E-state index contributed by atoms with van der Waals surface area (Å²) in [5.41, 5.74) is 2.08. The summed E-state index contributed by atoms with van der Waals surface area (Å²) in [4.78, 5) is 27.8. The van der Waals surface area contributed by atoms with Crippen LogP contribution < -0.4 is 10.2 Å². The number of amides is 2. The van der Waals surface area contributed by atoms with Crippen LogP contribution in [0.2, 0.25) is 0 Å². The van der Waals surface area contributed by atoms with E-state index in [1.807, 2.05) is 45.0 Å². The summed E-state index contributed by atoms with van der Waals surface area (Å²) in [6, 6.07) is 8.24. The third kappa shape index (κ3) is 5.46. The molecular formula is C19H29N3O3. The number of carbonyl (C=O) groups is 2. The maximum atomic E-state index is 12.6. The summed E-state index contributed by atoms with van der Waals surface area (Å²) in [5.74, 6) is 0.0703. The first-order valence-electron chi connectivity index (χ1n) is 9.07. The highest BCUT2D eigenvalue weighted by Gasteiger charge is 2.24. The largest absolute Gasteiger partial charge is 0.450 e. The zero-order valence-corrected chi connectivity index (χ0v) is 15.5. The van der Waals surface area contributed by atoms with Gasteiger partial charge in [-0.25, -0.2) is 4.79 Å². The third-order valence-corrected chi connectivity index (χ3v) is 4.49. The van der Waals surface area contributed by atoms with Gasteiger partial charge in [0.15, 0.2) is 0 Å². The Balaban J connectivity index is 1.81. The minimum Gasteiger partial charge on any atom is -0.450 e. The number of hydrogen-bond donors (Lipinski definition) is 1. The maximum absolute atomic E-state index is 12.6. The molecule has 25 heavy (non-hydrogen) atoms. The molecule has 0 aliphatic carbocycles. The third-order valence-electron chi connectivity index (χ3n) is 4.49. The minimum atomic E-state index is -0.242. The van der Waals surface area contributed by atoms with Gasteiger partial charge in [-0.1, -0.05) is 12.1 Å². The molecule has 0 unspecified atom stereocenters. The van der Waals surface area contributed by atoms with Crippen LogP contribution in [0.15, 0.2) is 24.3 Å². The van der Waals surface area contributed by atoms with E-state index < -0.39 is 0 Å². The highest BCUT2D eigenvalue weighted by molar-refractivity contribution is 5.94. The number of aryl methyl sites for hydroxylation is 1. The average Bonchev–Trinajstić information content (AvgIpc) is 2.61. The van der Waals surface area contributed by atoms with Crippen LogP contribution >= 0.6 is 0 Å². The molecule has 0 saturated carbocycles. The molecule has 2 rings (SSSR count). The Morgan fingerprint density at radius 3 is 2.60 bits per heavy atom. The lowest BCUT2D eigenvalue weighted by Gasteiger charge is -2.32. The maximum Gasteiger partial charge on any atom is 0.409 e. The highest BCUT2D eigenvalue weighted by Crippen LogP contribution is 2.16. The minimum absolute atomic E-state index is 0.0703. The molecule has 138 valence electrons. The number of benzene rings is 1. The first kappa shape index (κ1) is 19.2. The van der Waals surface area contributed by atoms with Crippen molar-refractivity contribution >= 4 is 17.7 Å². The number of likely N-dealkylation sites (N-methyl/N-ethyl adjacent to an activating group) is 1. The number of ether oxygens (including phenoxy) is 1. The lowest BCUT2D eigenvalue weighted by molar-refractivity contribution is -0.117. The Kier molecular flexibility index (Phi) is 7.25. The number of nitrogens with zero attached hydrogens (tertiary/aromatic N) is 2. The fourth-order valence-electron chi connectivity index (χ4n) is 3.11. The van der Waals surface area contributed by atoms with Crippen LogP contribution in [0.1, 0.15) is 32.3 Å². The van der Waals surface area contributed by atoms with Gasteiger partial charge >= 0.3 is 6.09 Å². The smallest absolute Gasteiger partial charge is 0.409 e. The van der Waals surface area contributed by atoms with Crippen molar-refractivity contribution in [3.8, 4) is 0 Å². The van der Waals surface area contributed by atoms with E-state index in [-0.39, 0.29) is 18.0 Å². The van der Waals surface area contributed by atoms with Gasteiger partial charge in [-0.15, -0.1) is 0 Å². The van der Waals surface area contributed by atoms with E-state index in [4.69, 9.17) is 4.74 Å². The second-order valence-corrected chi connectivity index (χ2v) is 6.32. The van der Waals surface area contributed by atoms with Gasteiger partial charge in [-0.05, 0) is 51.3 Å². The van der Waals surface area contributed by atoms with E-state index in [0.717, 1.165) is 24.1 Å². The van der Waals surface area contributed by atoms with E-state index in [2.05, 4.69) is 5.32 Å². The molecular weight excluding hydrogens is 318 g/mol. The number of carbonyl (C=O) groups excluding carboxylic acids is 2. The molecule has 0 radical (unpaired) electrons. The molecule has 1 aromatic carbocycles. The summed E-state index contributed by atoms with van der Waals surface area (Å²) in [6.45, 7) is 8.51. The van der Waals surface area contributed by atoms with Crippen molar-refractivity contribution in [2.75, 3.05) is 37.7 Å². The van der Waals surface area contributed by atoms with Crippen molar-refractivity contribution in [1.29, 1.82) is 0 Å². The molecule has 0 spiro atoms. The van der Waals surface area contributed by atoms with Crippen molar-refractivity contribution in [2.45, 2.75) is 39.7 Å². The molecule has 0 bridgehead atoms. The normalized spacial score (nSPS) is 15.1. The Morgan fingerprint density at radius 2 is 2.00 bits per heavy atom. The van der Waals surface area contributed by atoms with Gasteiger partial charge in [0.1, 0.15) is 0 Å². The van der Waals surface area contributed by atoms with E-state index in [0.29, 0.717) is 32.8 Å². The Bertz CT molecular complexity index is 583. The Hall–Kier alpha value is -2.08. The van der Waals surface area contributed by atoms with Gasteiger partial charge in [0.25, 0.3) is 0 Å². The monoisotopic (exact) mass is 347 g/mol. The molecule has 1 aliphatic rings. The van der Waals surface area contributed by atoms with E-state index >= 15 is 0 Å². The fraction of sp³-hybridized carbons (Fsp3) is 0.579. The number of hydrogen-bond acceptors (Lipinski definition) is 4. The van der Waals surface area contributed by atoms with Gasteiger partial charge in [-0.2, -0.15) is 0 Å². The highest BCUT2D eigenvalue weighted by atomic mass is 16.6. The Morgan fingerprint density at radius 1 is 1.28 bits per heavy atom. The van der Waals surface area contributed by atoms with Gasteiger partial charge < -0.3 is 19.9 Å². The number of piperidine rings is 1. The van der Waals surface area contributed by atoms with Crippen LogP contribution in [0.5, 0.6) is 0 Å². The van der Waals surface area contributed by atoms with Crippen LogP contribution in [0.25, 0.3) is 0 Å². The lowest BCUT2D eigenvalue weighted by atomic mass is 10.1.